The molecule has 0 aliphatic heterocycles. The Morgan fingerprint density at radius 2 is 1.90 bits per heavy atom. The molecule has 21 heavy (non-hydrogen) atoms. The number of benzene rings is 2. The van der Waals surface area contributed by atoms with Gasteiger partial charge in [0.1, 0.15) is 17.5 Å². The maximum absolute atomic E-state index is 14.1. The van der Waals surface area contributed by atoms with Crippen LogP contribution < -0.4 is 0 Å². The molecule has 3 rings (SSSR count). The average Bonchev–Trinajstić information content (AvgIpc) is 2.80. The second-order valence-electron chi connectivity index (χ2n) is 5.01. The first-order valence-corrected chi connectivity index (χ1v) is 6.99. The largest absolute Gasteiger partial charge is 0.292 e. The van der Waals surface area contributed by atoms with Gasteiger partial charge in [-0.1, -0.05) is 6.07 Å². The van der Waals surface area contributed by atoms with Crippen molar-refractivity contribution < 1.29 is 8.78 Å². The van der Waals surface area contributed by atoms with E-state index in [-0.39, 0.29) is 5.69 Å². The summed E-state index contributed by atoms with van der Waals surface area (Å²) in [7, 11) is 0. The van der Waals surface area contributed by atoms with Gasteiger partial charge in [0.05, 0.1) is 22.1 Å². The van der Waals surface area contributed by atoms with Crippen LogP contribution >= 0.6 is 11.6 Å². The first kappa shape index (κ1) is 14.0. The standard InChI is InChI=1S/C16H13ClF2N2/c1-9-3-6-14-13(7-9)20-16(10(2)17)21(14)15-8-11(18)4-5-12(15)19/h3-8,10H,1-2H3. The predicted octanol–water partition coefficient (Wildman–Crippen LogP) is 4.91. The van der Waals surface area contributed by atoms with E-state index in [0.717, 1.165) is 23.8 Å². The van der Waals surface area contributed by atoms with Crippen molar-refractivity contribution in [2.75, 3.05) is 0 Å². The molecular formula is C16H13ClF2N2. The maximum atomic E-state index is 14.1. The molecular weight excluding hydrogens is 294 g/mol. The van der Waals surface area contributed by atoms with Gasteiger partial charge in [0.25, 0.3) is 0 Å². The molecule has 5 heteroatoms. The van der Waals surface area contributed by atoms with E-state index in [4.69, 9.17) is 11.6 Å². The number of imidazole rings is 1. The van der Waals surface area contributed by atoms with E-state index >= 15 is 0 Å². The SMILES string of the molecule is Cc1ccc2c(c1)nc(C(C)Cl)n2-c1cc(F)ccc1F. The molecule has 0 aliphatic carbocycles. The van der Waals surface area contributed by atoms with Gasteiger partial charge in [0.2, 0.25) is 0 Å². The summed E-state index contributed by atoms with van der Waals surface area (Å²) >= 11 is 6.16. The lowest BCUT2D eigenvalue weighted by molar-refractivity contribution is 0.591. The van der Waals surface area contributed by atoms with E-state index in [9.17, 15) is 8.78 Å². The monoisotopic (exact) mass is 306 g/mol. The van der Waals surface area contributed by atoms with Gasteiger partial charge in [-0.3, -0.25) is 4.57 Å². The van der Waals surface area contributed by atoms with E-state index < -0.39 is 17.0 Å². The number of hydrogen-bond acceptors (Lipinski definition) is 1. The number of aryl methyl sites for hydroxylation is 1. The Morgan fingerprint density at radius 3 is 2.62 bits per heavy atom. The van der Waals surface area contributed by atoms with Crippen LogP contribution in [0.15, 0.2) is 36.4 Å². The molecule has 2 nitrogen and oxygen atoms in total. The lowest BCUT2D eigenvalue weighted by atomic mass is 10.2. The first-order valence-electron chi connectivity index (χ1n) is 6.56. The molecule has 0 aliphatic rings. The highest BCUT2D eigenvalue weighted by atomic mass is 35.5. The maximum Gasteiger partial charge on any atom is 0.147 e. The highest BCUT2D eigenvalue weighted by Crippen LogP contribution is 2.30. The highest BCUT2D eigenvalue weighted by Gasteiger charge is 2.19. The summed E-state index contributed by atoms with van der Waals surface area (Å²) in [6, 6.07) is 8.98. The Hall–Kier alpha value is -1.94. The van der Waals surface area contributed by atoms with Gasteiger partial charge < -0.3 is 0 Å². The summed E-state index contributed by atoms with van der Waals surface area (Å²) < 4.78 is 29.2. The van der Waals surface area contributed by atoms with Crippen LogP contribution in [0.1, 0.15) is 23.7 Å². The lowest BCUT2D eigenvalue weighted by Gasteiger charge is -2.11. The molecule has 1 atom stereocenters. The summed E-state index contributed by atoms with van der Waals surface area (Å²) in [6.45, 7) is 3.70. The smallest absolute Gasteiger partial charge is 0.147 e. The van der Waals surface area contributed by atoms with Crippen molar-refractivity contribution in [3.63, 3.8) is 0 Å². The summed E-state index contributed by atoms with van der Waals surface area (Å²) in [4.78, 5) is 4.46. The third-order valence-corrected chi connectivity index (χ3v) is 3.54. The fourth-order valence-corrected chi connectivity index (χ4v) is 2.53. The fourth-order valence-electron chi connectivity index (χ4n) is 2.39. The topological polar surface area (TPSA) is 17.8 Å². The average molecular weight is 307 g/mol. The fraction of sp³-hybridized carbons (Fsp3) is 0.188. The van der Waals surface area contributed by atoms with Gasteiger partial charge in [-0.2, -0.15) is 0 Å². The van der Waals surface area contributed by atoms with Crippen molar-refractivity contribution in [3.8, 4) is 5.69 Å². The zero-order chi connectivity index (χ0) is 15.1. The number of hydrogen-bond donors (Lipinski definition) is 0. The van der Waals surface area contributed by atoms with Crippen LogP contribution in [0.3, 0.4) is 0 Å². The van der Waals surface area contributed by atoms with E-state index in [1.54, 1.807) is 11.5 Å². The van der Waals surface area contributed by atoms with Crippen molar-refractivity contribution in [1.82, 2.24) is 9.55 Å². The number of fused-ring (bicyclic) bond motifs is 1. The number of halogens is 3. The van der Waals surface area contributed by atoms with E-state index in [2.05, 4.69) is 4.98 Å². The molecule has 0 radical (unpaired) electrons. The van der Waals surface area contributed by atoms with Crippen molar-refractivity contribution in [2.45, 2.75) is 19.2 Å². The zero-order valence-electron chi connectivity index (χ0n) is 11.6. The zero-order valence-corrected chi connectivity index (χ0v) is 12.3. The van der Waals surface area contributed by atoms with E-state index in [1.807, 2.05) is 25.1 Å². The molecule has 0 saturated heterocycles. The molecule has 0 bridgehead atoms. The molecule has 0 spiro atoms. The van der Waals surface area contributed by atoms with Gasteiger partial charge in [-0.25, -0.2) is 13.8 Å². The molecule has 0 saturated carbocycles. The van der Waals surface area contributed by atoms with E-state index in [0.29, 0.717) is 16.9 Å². The first-order chi connectivity index (χ1) is 9.97. The van der Waals surface area contributed by atoms with Crippen LogP contribution in [0.4, 0.5) is 8.78 Å². The van der Waals surface area contributed by atoms with Gasteiger partial charge in [0.15, 0.2) is 0 Å². The quantitative estimate of drug-likeness (QED) is 0.615. The van der Waals surface area contributed by atoms with Crippen molar-refractivity contribution in [3.05, 3.63) is 59.4 Å². The van der Waals surface area contributed by atoms with Gasteiger partial charge in [-0.05, 0) is 43.7 Å². The number of rotatable bonds is 2. The van der Waals surface area contributed by atoms with Crippen LogP contribution in [0.25, 0.3) is 16.7 Å². The van der Waals surface area contributed by atoms with Gasteiger partial charge in [0, 0.05) is 6.07 Å². The molecule has 3 aromatic rings. The van der Waals surface area contributed by atoms with E-state index in [1.165, 1.54) is 0 Å². The second kappa shape index (κ2) is 5.11. The molecule has 2 aromatic carbocycles. The van der Waals surface area contributed by atoms with Crippen LogP contribution in [0.5, 0.6) is 0 Å². The number of alkyl halides is 1. The molecule has 108 valence electrons. The second-order valence-corrected chi connectivity index (χ2v) is 5.66. The predicted molar refractivity (Wildman–Crippen MR) is 80.0 cm³/mol. The van der Waals surface area contributed by atoms with Crippen LogP contribution in [-0.4, -0.2) is 9.55 Å². The Kier molecular flexibility index (Phi) is 3.41. The molecule has 1 heterocycles. The number of nitrogens with zero attached hydrogens (tertiary/aromatic N) is 2. The third-order valence-electron chi connectivity index (χ3n) is 3.34. The Labute approximate surface area is 126 Å². The summed E-state index contributed by atoms with van der Waals surface area (Å²) in [5.74, 6) is -0.537. The van der Waals surface area contributed by atoms with Crippen molar-refractivity contribution in [2.24, 2.45) is 0 Å². The normalized spacial score (nSPS) is 12.8. The third kappa shape index (κ3) is 2.40. The summed E-state index contributed by atoms with van der Waals surface area (Å²) in [5.41, 5.74) is 2.57. The highest BCUT2D eigenvalue weighted by molar-refractivity contribution is 6.20. The van der Waals surface area contributed by atoms with Gasteiger partial charge >= 0.3 is 0 Å². The lowest BCUT2D eigenvalue weighted by Crippen LogP contribution is -2.04. The van der Waals surface area contributed by atoms with Crippen LogP contribution in [0, 0.1) is 18.6 Å². The Balaban J connectivity index is 2.39. The molecule has 0 N–H and O–H groups in total. The van der Waals surface area contributed by atoms with Crippen molar-refractivity contribution in [1.29, 1.82) is 0 Å². The Morgan fingerprint density at radius 1 is 1.14 bits per heavy atom. The molecule has 1 unspecified atom stereocenters. The van der Waals surface area contributed by atoms with Crippen molar-refractivity contribution >= 4 is 22.6 Å². The molecule has 0 fully saturated rings. The minimum Gasteiger partial charge on any atom is -0.292 e. The minimum absolute atomic E-state index is 0.115. The molecule has 1 aromatic heterocycles. The summed E-state index contributed by atoms with van der Waals surface area (Å²) in [5, 5.41) is -0.430. The Bertz CT molecular complexity index is 825. The minimum atomic E-state index is -0.519. The number of aromatic nitrogens is 2. The molecule has 0 amide bonds. The van der Waals surface area contributed by atoms with Gasteiger partial charge in [-0.15, -0.1) is 11.6 Å². The van der Waals surface area contributed by atoms with Crippen LogP contribution in [-0.2, 0) is 0 Å². The summed E-state index contributed by atoms with van der Waals surface area (Å²) in [6.07, 6.45) is 0. The van der Waals surface area contributed by atoms with Crippen LogP contribution in [0.2, 0.25) is 0 Å².